The number of aromatic nitrogens is 3. The number of carbonyl (C=O) groups is 3. The molecule has 2 N–H and O–H groups in total. The third-order valence-electron chi connectivity index (χ3n) is 5.93. The Morgan fingerprint density at radius 1 is 1.18 bits per heavy atom. The summed E-state index contributed by atoms with van der Waals surface area (Å²) in [5, 5.41) is 19.4. The second kappa shape index (κ2) is 13.9. The fraction of sp³-hybridized carbons (Fsp3) is 0.480. The van der Waals surface area contributed by atoms with Crippen LogP contribution in [-0.4, -0.2) is 106 Å². The summed E-state index contributed by atoms with van der Waals surface area (Å²) in [4.78, 5) is 41.1. The number of esters is 1. The minimum atomic E-state index is -5.34. The lowest BCUT2D eigenvalue weighted by Gasteiger charge is -2.33. The van der Waals surface area contributed by atoms with Gasteiger partial charge in [-0.05, 0) is 31.9 Å². The molecule has 15 heteroatoms. The molecule has 0 bridgehead atoms. The number of hydrogen-bond donors (Lipinski definition) is 2. The van der Waals surface area contributed by atoms with E-state index < -0.39 is 29.7 Å². The van der Waals surface area contributed by atoms with E-state index in [4.69, 9.17) is 9.84 Å². The first-order chi connectivity index (χ1) is 19.1. The van der Waals surface area contributed by atoms with Crippen molar-refractivity contribution < 1.29 is 42.1 Å². The smallest absolute Gasteiger partial charge is 0.488 e. The highest BCUT2D eigenvalue weighted by atomic mass is 19.4. The molecular weight excluding hydrogens is 537 g/mol. The summed E-state index contributed by atoms with van der Waals surface area (Å²) < 4.78 is 51.0. The number of amides is 2. The van der Waals surface area contributed by atoms with Gasteiger partial charge in [0.05, 0.1) is 25.0 Å². The molecular formula is C25H31F3N6O6. The Morgan fingerprint density at radius 2 is 1.90 bits per heavy atom. The molecule has 0 atom stereocenters. The van der Waals surface area contributed by atoms with Crippen LogP contribution >= 0.6 is 0 Å². The molecule has 1 aromatic heterocycles. The molecule has 0 spiro atoms. The van der Waals surface area contributed by atoms with Crippen molar-refractivity contribution >= 4 is 17.8 Å². The zero-order chi connectivity index (χ0) is 29.3. The van der Waals surface area contributed by atoms with Gasteiger partial charge in [-0.25, -0.2) is 9.48 Å². The highest BCUT2D eigenvalue weighted by molar-refractivity contribution is 5.99. The van der Waals surface area contributed by atoms with Crippen LogP contribution in [0.4, 0.5) is 13.2 Å². The lowest BCUT2D eigenvalue weighted by Crippen LogP contribution is -2.49. The van der Waals surface area contributed by atoms with Crippen LogP contribution in [0.2, 0.25) is 0 Å². The average Bonchev–Trinajstić information content (AvgIpc) is 3.41. The summed E-state index contributed by atoms with van der Waals surface area (Å²) in [5.41, 5.74) is -0.398. The molecule has 0 aliphatic carbocycles. The number of rotatable bonds is 12. The molecule has 0 radical (unpaired) electrons. The van der Waals surface area contributed by atoms with Gasteiger partial charge in [-0.3, -0.25) is 14.5 Å². The standard InChI is InChI=1S/C25H31F3N6O6/c1-3-5-6-15-39-21-19(8-7-17(22(36)29-4-2)20(21)40-24(38)25(26,27)28)34-16-18(30-31-34)23(37)33-11-9-32(10-12-33)13-14-35/h3,7-8,16,35H,1,4-6,9-15H2,2H3,(H,29,36). The largest absolute Gasteiger partial charge is 0.491 e. The van der Waals surface area contributed by atoms with E-state index in [1.165, 1.54) is 18.3 Å². The number of ether oxygens (including phenoxy) is 2. The van der Waals surface area contributed by atoms with Crippen LogP contribution < -0.4 is 14.8 Å². The van der Waals surface area contributed by atoms with E-state index in [2.05, 4.69) is 26.9 Å². The van der Waals surface area contributed by atoms with Crippen LogP contribution in [0, 0.1) is 0 Å². The topological polar surface area (TPSA) is 139 Å². The number of aliphatic hydroxyl groups excluding tert-OH is 1. The molecule has 1 aliphatic rings. The van der Waals surface area contributed by atoms with E-state index in [1.54, 1.807) is 17.9 Å². The molecule has 1 aromatic carbocycles. The predicted octanol–water partition coefficient (Wildman–Crippen LogP) is 1.58. The van der Waals surface area contributed by atoms with Gasteiger partial charge in [0.25, 0.3) is 11.8 Å². The number of carbonyl (C=O) groups excluding carboxylic acids is 3. The summed E-state index contributed by atoms with van der Waals surface area (Å²) in [6, 6.07) is 2.51. The number of benzene rings is 1. The van der Waals surface area contributed by atoms with Crippen LogP contribution in [0.15, 0.2) is 31.0 Å². The molecule has 0 saturated carbocycles. The van der Waals surface area contributed by atoms with Gasteiger partial charge in [-0.15, -0.1) is 11.7 Å². The maximum atomic E-state index is 13.1. The van der Waals surface area contributed by atoms with Gasteiger partial charge in [-0.2, -0.15) is 13.2 Å². The number of unbranched alkanes of at least 4 members (excludes halogenated alkanes) is 1. The number of piperazine rings is 1. The van der Waals surface area contributed by atoms with E-state index in [0.29, 0.717) is 45.6 Å². The third kappa shape index (κ3) is 7.57. The van der Waals surface area contributed by atoms with Crippen molar-refractivity contribution in [1.82, 2.24) is 30.1 Å². The first-order valence-electron chi connectivity index (χ1n) is 12.6. The quantitative estimate of drug-likeness (QED) is 0.169. The van der Waals surface area contributed by atoms with Gasteiger partial charge in [0.2, 0.25) is 0 Å². The minimum Gasteiger partial charge on any atom is -0.488 e. The van der Waals surface area contributed by atoms with Crippen LogP contribution in [-0.2, 0) is 4.79 Å². The number of alkyl halides is 3. The van der Waals surface area contributed by atoms with Crippen molar-refractivity contribution in [3.05, 3.63) is 42.2 Å². The number of halogens is 3. The van der Waals surface area contributed by atoms with E-state index in [1.807, 2.05) is 4.90 Å². The summed E-state index contributed by atoms with van der Waals surface area (Å²) in [6.07, 6.45) is -1.50. The van der Waals surface area contributed by atoms with E-state index in [9.17, 15) is 27.6 Å². The number of aliphatic hydroxyl groups is 1. The molecule has 1 fully saturated rings. The van der Waals surface area contributed by atoms with E-state index in [0.717, 1.165) is 4.68 Å². The lowest BCUT2D eigenvalue weighted by molar-refractivity contribution is -0.189. The third-order valence-corrected chi connectivity index (χ3v) is 5.93. The number of allylic oxidation sites excluding steroid dienone is 1. The number of nitrogens with zero attached hydrogens (tertiary/aromatic N) is 5. The average molecular weight is 569 g/mol. The first kappa shape index (κ1) is 30.6. The molecule has 2 aromatic rings. The Morgan fingerprint density at radius 3 is 2.52 bits per heavy atom. The molecule has 1 saturated heterocycles. The Balaban J connectivity index is 2.00. The SMILES string of the molecule is C=CCCCOc1c(-n2cc(C(=O)N3CCN(CCO)CC3)nn2)ccc(C(=O)NCC)c1OC(=O)C(F)(F)F. The van der Waals surface area contributed by atoms with E-state index >= 15 is 0 Å². The fourth-order valence-corrected chi connectivity index (χ4v) is 3.92. The Hall–Kier alpha value is -3.98. The van der Waals surface area contributed by atoms with Crippen LogP contribution in [0.5, 0.6) is 11.5 Å². The van der Waals surface area contributed by atoms with Crippen LogP contribution in [0.3, 0.4) is 0 Å². The van der Waals surface area contributed by atoms with E-state index in [-0.39, 0.29) is 42.5 Å². The lowest BCUT2D eigenvalue weighted by atomic mass is 10.1. The van der Waals surface area contributed by atoms with Gasteiger partial charge < -0.3 is 24.8 Å². The summed E-state index contributed by atoms with van der Waals surface area (Å²) in [7, 11) is 0. The highest BCUT2D eigenvalue weighted by Crippen LogP contribution is 2.39. The van der Waals surface area contributed by atoms with Crippen LogP contribution in [0.1, 0.15) is 40.6 Å². The molecule has 40 heavy (non-hydrogen) atoms. The summed E-state index contributed by atoms with van der Waals surface area (Å²) >= 11 is 0. The molecule has 2 amide bonds. The Kier molecular flexibility index (Phi) is 10.6. The maximum Gasteiger partial charge on any atom is 0.491 e. The van der Waals surface area contributed by atoms with Crippen molar-refractivity contribution in [3.8, 4) is 17.2 Å². The number of hydrogen-bond acceptors (Lipinski definition) is 9. The Labute approximate surface area is 228 Å². The minimum absolute atomic E-state index is 0.00376. The molecule has 1 aliphatic heterocycles. The number of nitrogens with one attached hydrogen (secondary N) is 1. The number of β-amino-alcohol motifs (C(OH)–C–C–N with tert-alkyl or cyclic N) is 1. The second-order valence-corrected chi connectivity index (χ2v) is 8.72. The molecule has 12 nitrogen and oxygen atoms in total. The monoisotopic (exact) mass is 568 g/mol. The Bertz CT molecular complexity index is 1210. The van der Waals surface area contributed by atoms with Crippen molar-refractivity contribution in [3.63, 3.8) is 0 Å². The second-order valence-electron chi connectivity index (χ2n) is 8.72. The maximum absolute atomic E-state index is 13.1. The fourth-order valence-electron chi connectivity index (χ4n) is 3.92. The van der Waals surface area contributed by atoms with Crippen molar-refractivity contribution in [2.75, 3.05) is 52.5 Å². The van der Waals surface area contributed by atoms with Gasteiger partial charge >= 0.3 is 12.1 Å². The highest BCUT2D eigenvalue weighted by Gasteiger charge is 2.43. The first-order valence-corrected chi connectivity index (χ1v) is 12.6. The van der Waals surface area contributed by atoms with Crippen molar-refractivity contribution in [2.24, 2.45) is 0 Å². The van der Waals surface area contributed by atoms with Crippen molar-refractivity contribution in [2.45, 2.75) is 25.9 Å². The summed E-state index contributed by atoms with van der Waals surface area (Å²) in [6.45, 7) is 7.82. The molecule has 3 rings (SSSR count). The van der Waals surface area contributed by atoms with Crippen molar-refractivity contribution in [1.29, 1.82) is 0 Å². The summed E-state index contributed by atoms with van der Waals surface area (Å²) in [5.74, 6) is -4.84. The molecule has 2 heterocycles. The van der Waals surface area contributed by atoms with Gasteiger partial charge in [-0.1, -0.05) is 11.3 Å². The normalized spacial score (nSPS) is 14.1. The molecule has 0 unspecified atom stereocenters. The zero-order valence-electron chi connectivity index (χ0n) is 21.9. The predicted molar refractivity (Wildman–Crippen MR) is 135 cm³/mol. The zero-order valence-corrected chi connectivity index (χ0v) is 21.9. The van der Waals surface area contributed by atoms with Gasteiger partial charge in [0.1, 0.15) is 5.69 Å². The van der Waals surface area contributed by atoms with Gasteiger partial charge in [0.15, 0.2) is 17.2 Å². The molecule has 218 valence electrons. The van der Waals surface area contributed by atoms with Crippen LogP contribution in [0.25, 0.3) is 5.69 Å². The van der Waals surface area contributed by atoms with Gasteiger partial charge in [0, 0.05) is 39.3 Å².